The van der Waals surface area contributed by atoms with Gasteiger partial charge in [-0.1, -0.05) is 6.92 Å². The molecule has 0 saturated carbocycles. The van der Waals surface area contributed by atoms with Gasteiger partial charge in [0.15, 0.2) is 0 Å². The van der Waals surface area contributed by atoms with Gasteiger partial charge in [-0.25, -0.2) is 14.0 Å². The summed E-state index contributed by atoms with van der Waals surface area (Å²) in [6.45, 7) is 8.04. The third kappa shape index (κ3) is 4.60. The van der Waals surface area contributed by atoms with Gasteiger partial charge in [0.05, 0.1) is 29.2 Å². The Bertz CT molecular complexity index is 1800. The molecule has 2 aliphatic heterocycles. The Balaban J connectivity index is 1.72. The first-order valence-corrected chi connectivity index (χ1v) is 14.7. The summed E-state index contributed by atoms with van der Waals surface area (Å²) < 4.78 is 66.6. The molecule has 4 heterocycles. The number of hydrogen-bond acceptors (Lipinski definition) is 7. The van der Waals surface area contributed by atoms with Crippen molar-refractivity contribution in [3.05, 3.63) is 50.5 Å². The maximum atomic E-state index is 15.0. The fourth-order valence-electron chi connectivity index (χ4n) is 6.46. The molecule has 0 unspecified atom stereocenters. The average Bonchev–Trinajstić information content (AvgIpc) is 3.21. The summed E-state index contributed by atoms with van der Waals surface area (Å²) in [5.41, 5.74) is -2.55. The lowest BCUT2D eigenvalue weighted by Gasteiger charge is -2.44. The van der Waals surface area contributed by atoms with Crippen LogP contribution in [0.25, 0.3) is 33.1 Å². The number of imidazole rings is 1. The van der Waals surface area contributed by atoms with Gasteiger partial charge in [-0.15, -0.1) is 11.8 Å². The van der Waals surface area contributed by atoms with Crippen LogP contribution in [0.2, 0.25) is 0 Å². The minimum atomic E-state index is -4.83. The van der Waals surface area contributed by atoms with Gasteiger partial charge >= 0.3 is 17.6 Å². The second-order valence-corrected chi connectivity index (χ2v) is 11.9. The Morgan fingerprint density at radius 1 is 1.10 bits per heavy atom. The first-order valence-electron chi connectivity index (χ1n) is 13.7. The SMILES string of the molecule is CCN1[C@H](C)CN(c2nc(=O)n3c4c(c(-c5ccc(F)c6[nH]c(=O)[nH]c56)c(C(F)(F)F)cc24)SC[C@@H](OC)C3)C[C@@H]1C. The summed E-state index contributed by atoms with van der Waals surface area (Å²) >= 11 is 1.14. The van der Waals surface area contributed by atoms with E-state index in [9.17, 15) is 14.0 Å². The van der Waals surface area contributed by atoms with E-state index >= 15 is 13.2 Å². The monoisotopic (exact) mass is 606 g/mol. The molecule has 2 aromatic heterocycles. The van der Waals surface area contributed by atoms with Crippen molar-refractivity contribution >= 4 is 39.5 Å². The summed E-state index contributed by atoms with van der Waals surface area (Å²) in [6.07, 6.45) is -5.31. The number of rotatable bonds is 4. The topological polar surface area (TPSA) is 99.2 Å². The van der Waals surface area contributed by atoms with Crippen molar-refractivity contribution in [1.82, 2.24) is 24.4 Å². The molecule has 3 atom stereocenters. The molecular formula is C28H30F4N6O3S. The molecule has 224 valence electrons. The van der Waals surface area contributed by atoms with Crippen LogP contribution in [0.5, 0.6) is 0 Å². The van der Waals surface area contributed by atoms with Crippen LogP contribution in [-0.4, -0.2) is 75.1 Å². The Kier molecular flexibility index (Phi) is 7.13. The predicted octanol–water partition coefficient (Wildman–Crippen LogP) is 4.43. The smallest absolute Gasteiger partial charge is 0.379 e. The zero-order valence-electron chi connectivity index (χ0n) is 23.4. The number of methoxy groups -OCH3 is 1. The molecule has 0 bridgehead atoms. The number of aromatic amines is 2. The number of piperazine rings is 1. The number of anilines is 1. The maximum absolute atomic E-state index is 15.0. The molecule has 2 aromatic carbocycles. The second kappa shape index (κ2) is 10.4. The molecule has 0 spiro atoms. The molecule has 42 heavy (non-hydrogen) atoms. The number of H-pyrrole nitrogens is 2. The number of nitrogens with zero attached hydrogens (tertiary/aromatic N) is 4. The Morgan fingerprint density at radius 2 is 1.79 bits per heavy atom. The van der Waals surface area contributed by atoms with Crippen molar-refractivity contribution in [1.29, 1.82) is 0 Å². The third-order valence-corrected chi connectivity index (χ3v) is 9.53. The largest absolute Gasteiger partial charge is 0.417 e. The van der Waals surface area contributed by atoms with E-state index in [0.29, 0.717) is 18.6 Å². The molecule has 9 nitrogen and oxygen atoms in total. The van der Waals surface area contributed by atoms with E-state index in [-0.39, 0.29) is 62.6 Å². The lowest BCUT2D eigenvalue weighted by molar-refractivity contribution is -0.137. The molecule has 14 heteroatoms. The number of hydrogen-bond donors (Lipinski definition) is 2. The van der Waals surface area contributed by atoms with E-state index in [4.69, 9.17) is 4.74 Å². The number of nitrogens with one attached hydrogen (secondary N) is 2. The molecule has 0 amide bonds. The fraction of sp³-hybridized carbons (Fsp3) is 0.464. The van der Waals surface area contributed by atoms with Gasteiger partial charge in [0.25, 0.3) is 0 Å². The number of alkyl halides is 3. The summed E-state index contributed by atoms with van der Waals surface area (Å²) in [5, 5.41) is 0.204. The number of likely N-dealkylation sites (N-methyl/N-ethyl adjacent to an activating group) is 1. The van der Waals surface area contributed by atoms with Crippen LogP contribution in [0, 0.1) is 5.82 Å². The zero-order valence-corrected chi connectivity index (χ0v) is 24.2. The van der Waals surface area contributed by atoms with Crippen LogP contribution in [0.3, 0.4) is 0 Å². The lowest BCUT2D eigenvalue weighted by atomic mass is 9.95. The number of benzene rings is 2. The van der Waals surface area contributed by atoms with Crippen LogP contribution in [0.4, 0.5) is 23.4 Å². The van der Waals surface area contributed by atoms with Gasteiger partial charge in [0.2, 0.25) is 0 Å². The van der Waals surface area contributed by atoms with Gasteiger partial charge in [-0.2, -0.15) is 18.2 Å². The van der Waals surface area contributed by atoms with E-state index in [1.807, 2.05) is 18.7 Å². The quantitative estimate of drug-likeness (QED) is 0.332. The summed E-state index contributed by atoms with van der Waals surface area (Å²) in [5.74, 6) is -0.319. The molecule has 1 fully saturated rings. The van der Waals surface area contributed by atoms with E-state index in [1.165, 1.54) is 17.7 Å². The first-order chi connectivity index (χ1) is 19.9. The van der Waals surface area contributed by atoms with Crippen molar-refractivity contribution in [2.24, 2.45) is 0 Å². The highest BCUT2D eigenvalue weighted by atomic mass is 32.2. The van der Waals surface area contributed by atoms with Crippen molar-refractivity contribution < 1.29 is 22.3 Å². The fourth-order valence-corrected chi connectivity index (χ4v) is 7.77. The molecule has 1 saturated heterocycles. The molecule has 2 aliphatic rings. The molecule has 2 N–H and O–H groups in total. The van der Waals surface area contributed by atoms with Crippen molar-refractivity contribution in [2.45, 2.75) is 56.6 Å². The number of thioether (sulfide) groups is 1. The highest BCUT2D eigenvalue weighted by Gasteiger charge is 2.40. The minimum Gasteiger partial charge on any atom is -0.379 e. The molecule has 4 aromatic rings. The van der Waals surface area contributed by atoms with E-state index in [2.05, 4.69) is 26.8 Å². The Labute approximate surface area is 241 Å². The minimum absolute atomic E-state index is 0.00601. The van der Waals surface area contributed by atoms with Gasteiger partial charge in [-0.3, -0.25) is 9.47 Å². The van der Waals surface area contributed by atoms with Crippen LogP contribution in [-0.2, 0) is 17.5 Å². The van der Waals surface area contributed by atoms with Crippen molar-refractivity contribution in [3.8, 4) is 11.1 Å². The van der Waals surface area contributed by atoms with Crippen molar-refractivity contribution in [2.75, 3.05) is 37.4 Å². The normalized spacial score (nSPS) is 21.8. The van der Waals surface area contributed by atoms with Crippen LogP contribution in [0.15, 0.2) is 32.7 Å². The van der Waals surface area contributed by atoms with E-state index < -0.39 is 35.0 Å². The van der Waals surface area contributed by atoms with Gasteiger partial charge in [-0.05, 0) is 38.6 Å². The summed E-state index contributed by atoms with van der Waals surface area (Å²) in [6, 6.07) is 3.46. The average molecular weight is 607 g/mol. The van der Waals surface area contributed by atoms with Crippen LogP contribution in [0.1, 0.15) is 26.3 Å². The molecule has 0 radical (unpaired) electrons. The summed E-state index contributed by atoms with van der Waals surface area (Å²) in [4.78, 5) is 39.3. The number of halogens is 4. The first kappa shape index (κ1) is 28.7. The van der Waals surface area contributed by atoms with Crippen molar-refractivity contribution in [3.63, 3.8) is 0 Å². The number of ether oxygens (including phenoxy) is 1. The zero-order chi connectivity index (χ0) is 30.1. The summed E-state index contributed by atoms with van der Waals surface area (Å²) in [7, 11) is 1.48. The van der Waals surface area contributed by atoms with Crippen LogP contribution >= 0.6 is 11.8 Å². The molecular weight excluding hydrogens is 576 g/mol. The maximum Gasteiger partial charge on any atom is 0.417 e. The van der Waals surface area contributed by atoms with Gasteiger partial charge < -0.3 is 19.6 Å². The Hall–Kier alpha value is -3.36. The van der Waals surface area contributed by atoms with Crippen LogP contribution < -0.4 is 16.3 Å². The third-order valence-electron chi connectivity index (χ3n) is 8.30. The molecule has 0 aliphatic carbocycles. The molecule has 6 rings (SSSR count). The second-order valence-electron chi connectivity index (χ2n) is 10.9. The van der Waals surface area contributed by atoms with E-state index in [1.54, 1.807) is 0 Å². The van der Waals surface area contributed by atoms with Gasteiger partial charge in [0.1, 0.15) is 17.2 Å². The van der Waals surface area contributed by atoms with Gasteiger partial charge in [0, 0.05) is 59.4 Å². The standard InChI is InChI=1S/C28H30F4N6O3S/c1-5-37-13(2)9-36(10-14(37)3)25-17-8-18(28(30,31)32)20(16-6-7-19(29)22-21(16)33-26(39)34-22)24-23(17)38(27(40)35-25)11-15(41-4)12-42-24/h6-8,13-15H,5,9-12H2,1-4H3,(H2,33,34,39)/t13-,14+,15-/m0/s1. The highest BCUT2D eigenvalue weighted by molar-refractivity contribution is 7.99. The van der Waals surface area contributed by atoms with E-state index in [0.717, 1.165) is 30.4 Å². The number of aromatic nitrogens is 4. The predicted molar refractivity (Wildman–Crippen MR) is 154 cm³/mol. The lowest BCUT2D eigenvalue weighted by Crippen LogP contribution is -2.57. The Morgan fingerprint density at radius 3 is 2.43 bits per heavy atom. The number of fused-ring (bicyclic) bond motifs is 1. The highest BCUT2D eigenvalue weighted by Crippen LogP contribution is 2.49.